The normalized spacial score (nSPS) is 20.6. The number of hydrogen-bond donors (Lipinski definition) is 1. The molecule has 2 aromatic rings. The summed E-state index contributed by atoms with van der Waals surface area (Å²) in [6, 6.07) is 2.45. The third kappa shape index (κ3) is 2.78. The summed E-state index contributed by atoms with van der Waals surface area (Å²) in [6.45, 7) is 7.31. The van der Waals surface area contributed by atoms with Crippen LogP contribution in [0.2, 0.25) is 0 Å². The van der Waals surface area contributed by atoms with E-state index in [1.54, 1.807) is 33.0 Å². The zero-order chi connectivity index (χ0) is 16.9. The smallest absolute Gasteiger partial charge is 0.407 e. The zero-order valence-corrected chi connectivity index (χ0v) is 13.6. The molecule has 1 amide bonds. The van der Waals surface area contributed by atoms with Crippen molar-refractivity contribution < 1.29 is 18.3 Å². The second kappa shape index (κ2) is 5.22. The first-order valence-electron chi connectivity index (χ1n) is 7.64. The number of nitrogens with zero attached hydrogens (tertiary/aromatic N) is 1. The lowest BCUT2D eigenvalue weighted by molar-refractivity contribution is 0.0488. The third-order valence-electron chi connectivity index (χ3n) is 4.13. The Balaban J connectivity index is 1.91. The molecular weight excluding hydrogens is 302 g/mol. The maximum atomic E-state index is 13.9. The van der Waals surface area contributed by atoms with E-state index in [1.165, 1.54) is 6.07 Å². The molecule has 1 aliphatic rings. The van der Waals surface area contributed by atoms with Gasteiger partial charge in [0.2, 0.25) is 0 Å². The molecule has 0 saturated carbocycles. The highest BCUT2D eigenvalue weighted by Crippen LogP contribution is 2.34. The number of aromatic nitrogens is 1. The number of ether oxygens (including phenoxy) is 1. The van der Waals surface area contributed by atoms with Gasteiger partial charge >= 0.3 is 6.09 Å². The quantitative estimate of drug-likeness (QED) is 0.864. The molecule has 0 radical (unpaired) electrons. The molecule has 1 aromatic heterocycles. The molecule has 2 heterocycles. The van der Waals surface area contributed by atoms with Crippen molar-refractivity contribution in [2.75, 3.05) is 0 Å². The summed E-state index contributed by atoms with van der Waals surface area (Å²) in [5, 5.41) is 3.11. The molecule has 0 aliphatic carbocycles. The molecule has 23 heavy (non-hydrogen) atoms. The van der Waals surface area contributed by atoms with Gasteiger partial charge in [-0.25, -0.2) is 13.6 Å². The Hall–Kier alpha value is -2.11. The van der Waals surface area contributed by atoms with Crippen molar-refractivity contribution in [2.45, 2.75) is 51.8 Å². The van der Waals surface area contributed by atoms with Gasteiger partial charge in [0.1, 0.15) is 5.60 Å². The maximum Gasteiger partial charge on any atom is 0.407 e. The molecule has 0 unspecified atom stereocenters. The largest absolute Gasteiger partial charge is 0.444 e. The summed E-state index contributed by atoms with van der Waals surface area (Å²) in [6.07, 6.45) is 1.64. The Morgan fingerprint density at radius 3 is 2.74 bits per heavy atom. The molecule has 0 fully saturated rings. The highest BCUT2D eigenvalue weighted by Gasteiger charge is 2.31. The number of carbonyl (C=O) groups is 1. The minimum Gasteiger partial charge on any atom is -0.444 e. The maximum absolute atomic E-state index is 13.9. The van der Waals surface area contributed by atoms with E-state index in [-0.39, 0.29) is 17.5 Å². The van der Waals surface area contributed by atoms with Crippen molar-refractivity contribution in [1.29, 1.82) is 0 Å². The van der Waals surface area contributed by atoms with Crippen LogP contribution < -0.4 is 5.32 Å². The van der Waals surface area contributed by atoms with Gasteiger partial charge in [0.25, 0.3) is 0 Å². The van der Waals surface area contributed by atoms with Crippen molar-refractivity contribution in [2.24, 2.45) is 0 Å². The number of halogens is 2. The van der Waals surface area contributed by atoms with Gasteiger partial charge in [-0.2, -0.15) is 0 Å². The van der Waals surface area contributed by atoms with Crippen molar-refractivity contribution in [3.8, 4) is 0 Å². The van der Waals surface area contributed by atoms with E-state index in [2.05, 4.69) is 5.32 Å². The lowest BCUT2D eigenvalue weighted by Gasteiger charge is -2.33. The molecule has 0 saturated heterocycles. The first-order chi connectivity index (χ1) is 10.7. The minimum atomic E-state index is -0.865. The second-order valence-corrected chi connectivity index (χ2v) is 7.01. The summed E-state index contributed by atoms with van der Waals surface area (Å²) in [4.78, 5) is 12.0. The molecule has 1 aliphatic heterocycles. The molecule has 0 bridgehead atoms. The molecule has 1 aromatic carbocycles. The van der Waals surface area contributed by atoms with E-state index < -0.39 is 23.3 Å². The number of amides is 1. The van der Waals surface area contributed by atoms with Crippen LogP contribution in [-0.2, 0) is 11.2 Å². The summed E-state index contributed by atoms with van der Waals surface area (Å²) in [7, 11) is 0. The van der Waals surface area contributed by atoms with Crippen molar-refractivity contribution in [1.82, 2.24) is 9.88 Å². The number of rotatable bonds is 1. The summed E-state index contributed by atoms with van der Waals surface area (Å²) in [5.74, 6) is -1.69. The summed E-state index contributed by atoms with van der Waals surface area (Å²) < 4.78 is 34.8. The Labute approximate surface area is 133 Å². The lowest BCUT2D eigenvalue weighted by Crippen LogP contribution is -2.45. The highest BCUT2D eigenvalue weighted by atomic mass is 19.2. The minimum absolute atomic E-state index is 0.0858. The van der Waals surface area contributed by atoms with Crippen molar-refractivity contribution in [3.63, 3.8) is 0 Å². The topological polar surface area (TPSA) is 43.3 Å². The fourth-order valence-electron chi connectivity index (χ4n) is 3.10. The van der Waals surface area contributed by atoms with E-state index in [0.29, 0.717) is 17.5 Å². The van der Waals surface area contributed by atoms with Crippen LogP contribution in [0, 0.1) is 11.6 Å². The third-order valence-corrected chi connectivity index (χ3v) is 4.13. The SMILES string of the molecule is C[C@@H]1[C@@H](NC(=O)OC(C)(C)C)Cc2cc(F)c(F)c3ccn1c23. The molecular formula is C17H20F2N2O2. The predicted molar refractivity (Wildman–Crippen MR) is 83.4 cm³/mol. The highest BCUT2D eigenvalue weighted by molar-refractivity contribution is 5.85. The number of benzene rings is 1. The Kier molecular flexibility index (Phi) is 3.58. The second-order valence-electron chi connectivity index (χ2n) is 7.01. The predicted octanol–water partition coefficient (Wildman–Crippen LogP) is 3.93. The van der Waals surface area contributed by atoms with E-state index in [4.69, 9.17) is 4.74 Å². The molecule has 1 N–H and O–H groups in total. The van der Waals surface area contributed by atoms with Gasteiger partial charge in [-0.15, -0.1) is 0 Å². The van der Waals surface area contributed by atoms with Gasteiger partial charge in [-0.3, -0.25) is 0 Å². The van der Waals surface area contributed by atoms with Crippen LogP contribution in [-0.4, -0.2) is 22.3 Å². The van der Waals surface area contributed by atoms with Gasteiger partial charge < -0.3 is 14.6 Å². The average Bonchev–Trinajstić information content (AvgIpc) is 2.85. The summed E-state index contributed by atoms with van der Waals surface area (Å²) in [5.41, 5.74) is 0.789. The molecule has 3 rings (SSSR count). The van der Waals surface area contributed by atoms with Crippen LogP contribution >= 0.6 is 0 Å². The zero-order valence-electron chi connectivity index (χ0n) is 13.6. The molecule has 124 valence electrons. The van der Waals surface area contributed by atoms with E-state index in [9.17, 15) is 13.6 Å². The van der Waals surface area contributed by atoms with Gasteiger partial charge in [0.15, 0.2) is 11.6 Å². The number of alkyl carbamates (subject to hydrolysis) is 1. The first-order valence-corrected chi connectivity index (χ1v) is 7.64. The Bertz CT molecular complexity index is 777. The van der Waals surface area contributed by atoms with Gasteiger partial charge in [-0.05, 0) is 51.8 Å². The monoisotopic (exact) mass is 322 g/mol. The summed E-state index contributed by atoms with van der Waals surface area (Å²) >= 11 is 0. The number of hydrogen-bond acceptors (Lipinski definition) is 2. The van der Waals surface area contributed by atoms with E-state index in [0.717, 1.165) is 0 Å². The molecule has 0 spiro atoms. The van der Waals surface area contributed by atoms with Crippen LogP contribution in [0.15, 0.2) is 18.3 Å². The molecule has 6 heteroatoms. The van der Waals surface area contributed by atoms with Crippen LogP contribution in [0.4, 0.5) is 13.6 Å². The molecule has 4 nitrogen and oxygen atoms in total. The Morgan fingerprint density at radius 1 is 1.39 bits per heavy atom. The Morgan fingerprint density at radius 2 is 2.09 bits per heavy atom. The number of carbonyl (C=O) groups excluding carboxylic acids is 1. The van der Waals surface area contributed by atoms with Crippen LogP contribution in [0.1, 0.15) is 39.3 Å². The van der Waals surface area contributed by atoms with Crippen LogP contribution in [0.25, 0.3) is 10.9 Å². The van der Waals surface area contributed by atoms with Gasteiger partial charge in [0.05, 0.1) is 17.6 Å². The average molecular weight is 322 g/mol. The van der Waals surface area contributed by atoms with Gasteiger partial charge in [-0.1, -0.05) is 0 Å². The lowest BCUT2D eigenvalue weighted by atomic mass is 9.94. The standard InChI is InChI=1S/C17H20F2N2O2/c1-9-13(20-16(22)23-17(2,3)4)8-10-7-12(18)14(19)11-5-6-21(9)15(10)11/h5-7,9,13H,8H2,1-4H3,(H,20,22)/t9-,13+/m1/s1. The first kappa shape index (κ1) is 15.8. The van der Waals surface area contributed by atoms with Crippen LogP contribution in [0.5, 0.6) is 0 Å². The van der Waals surface area contributed by atoms with Crippen LogP contribution in [0.3, 0.4) is 0 Å². The van der Waals surface area contributed by atoms with Crippen molar-refractivity contribution in [3.05, 3.63) is 35.5 Å². The van der Waals surface area contributed by atoms with E-state index in [1.807, 2.05) is 11.5 Å². The van der Waals surface area contributed by atoms with Crippen molar-refractivity contribution >= 4 is 17.0 Å². The fourth-order valence-corrected chi connectivity index (χ4v) is 3.10. The fraction of sp³-hybridized carbons (Fsp3) is 0.471. The van der Waals surface area contributed by atoms with E-state index >= 15 is 0 Å². The van der Waals surface area contributed by atoms with Gasteiger partial charge in [0, 0.05) is 11.6 Å². The number of nitrogens with one attached hydrogen (secondary N) is 1. The molecule has 2 atom stereocenters.